The van der Waals surface area contributed by atoms with Crippen LogP contribution in [-0.2, 0) is 6.61 Å². The minimum atomic E-state index is -0.0523. The van der Waals surface area contributed by atoms with Crippen molar-refractivity contribution >= 4 is 31.9 Å². The summed E-state index contributed by atoms with van der Waals surface area (Å²) in [6.07, 6.45) is 0. The molecule has 1 N–H and O–H groups in total. The van der Waals surface area contributed by atoms with Gasteiger partial charge in [0.1, 0.15) is 11.5 Å². The number of rotatable bonds is 3. The fourth-order valence-electron chi connectivity index (χ4n) is 1.86. The molecule has 100 valence electrons. The molecule has 0 aliphatic carbocycles. The van der Waals surface area contributed by atoms with Crippen molar-refractivity contribution in [2.75, 3.05) is 0 Å². The lowest BCUT2D eigenvalue weighted by Crippen LogP contribution is -1.93. The number of aryl methyl sites for hydroxylation is 2. The van der Waals surface area contributed by atoms with Crippen LogP contribution in [0.4, 0.5) is 0 Å². The lowest BCUT2D eigenvalue weighted by molar-refractivity contribution is 0.276. The number of hydrogen-bond donors (Lipinski definition) is 1. The number of aliphatic hydroxyl groups is 1. The summed E-state index contributed by atoms with van der Waals surface area (Å²) >= 11 is 6.92. The molecule has 4 heteroatoms. The summed E-state index contributed by atoms with van der Waals surface area (Å²) in [5, 5.41) is 9.37. The minimum absolute atomic E-state index is 0.0523. The van der Waals surface area contributed by atoms with Crippen molar-refractivity contribution in [3.63, 3.8) is 0 Å². The lowest BCUT2D eigenvalue weighted by atomic mass is 10.1. The lowest BCUT2D eigenvalue weighted by Gasteiger charge is -2.12. The fraction of sp³-hybridized carbons (Fsp3) is 0.200. The molecule has 2 aromatic carbocycles. The second kappa shape index (κ2) is 6.07. The molecule has 0 radical (unpaired) electrons. The number of ether oxygens (including phenoxy) is 1. The Hall–Kier alpha value is -0.840. The zero-order chi connectivity index (χ0) is 14.0. The van der Waals surface area contributed by atoms with E-state index in [2.05, 4.69) is 31.9 Å². The van der Waals surface area contributed by atoms with Gasteiger partial charge in [-0.2, -0.15) is 0 Å². The van der Waals surface area contributed by atoms with E-state index >= 15 is 0 Å². The van der Waals surface area contributed by atoms with Crippen molar-refractivity contribution in [3.8, 4) is 11.5 Å². The molecule has 0 atom stereocenters. The summed E-state index contributed by atoms with van der Waals surface area (Å²) in [6, 6.07) is 9.55. The van der Waals surface area contributed by atoms with Crippen molar-refractivity contribution in [2.24, 2.45) is 0 Å². The summed E-state index contributed by atoms with van der Waals surface area (Å²) in [5.74, 6) is 1.45. The molecule has 0 saturated carbocycles. The van der Waals surface area contributed by atoms with Gasteiger partial charge in [0, 0.05) is 14.5 Å². The summed E-state index contributed by atoms with van der Waals surface area (Å²) in [4.78, 5) is 0. The summed E-state index contributed by atoms with van der Waals surface area (Å²) in [5.41, 5.74) is 3.00. The Morgan fingerprint density at radius 1 is 1.05 bits per heavy atom. The molecule has 2 nitrogen and oxygen atoms in total. The SMILES string of the molecule is Cc1cc(Oc2ccc(Br)cc2CO)cc(C)c1Br. The van der Waals surface area contributed by atoms with E-state index in [1.54, 1.807) is 0 Å². The van der Waals surface area contributed by atoms with Gasteiger partial charge in [0.25, 0.3) is 0 Å². The van der Waals surface area contributed by atoms with Crippen LogP contribution >= 0.6 is 31.9 Å². The molecule has 0 fully saturated rings. The Kier molecular flexibility index (Phi) is 4.66. The molecule has 0 bridgehead atoms. The van der Waals surface area contributed by atoms with Crippen LogP contribution in [0, 0.1) is 13.8 Å². The fourth-order valence-corrected chi connectivity index (χ4v) is 2.50. The van der Waals surface area contributed by atoms with Gasteiger partial charge >= 0.3 is 0 Å². The molecule has 0 spiro atoms. The van der Waals surface area contributed by atoms with E-state index in [0.29, 0.717) is 5.75 Å². The van der Waals surface area contributed by atoms with Crippen LogP contribution in [0.2, 0.25) is 0 Å². The summed E-state index contributed by atoms with van der Waals surface area (Å²) < 4.78 is 7.89. The van der Waals surface area contributed by atoms with E-state index in [1.165, 1.54) is 0 Å². The topological polar surface area (TPSA) is 29.5 Å². The molecule has 0 amide bonds. The van der Waals surface area contributed by atoms with Gasteiger partial charge in [0.2, 0.25) is 0 Å². The van der Waals surface area contributed by atoms with Crippen LogP contribution in [0.5, 0.6) is 11.5 Å². The zero-order valence-corrected chi connectivity index (χ0v) is 13.9. The monoisotopic (exact) mass is 384 g/mol. The number of aliphatic hydroxyl groups excluding tert-OH is 1. The second-order valence-electron chi connectivity index (χ2n) is 4.38. The highest BCUT2D eigenvalue weighted by Gasteiger charge is 2.08. The van der Waals surface area contributed by atoms with Gasteiger partial charge in [-0.05, 0) is 55.3 Å². The van der Waals surface area contributed by atoms with E-state index in [1.807, 2.05) is 44.2 Å². The molecule has 0 aliphatic rings. The number of hydrogen-bond acceptors (Lipinski definition) is 2. The Balaban J connectivity index is 2.36. The van der Waals surface area contributed by atoms with Gasteiger partial charge in [0.05, 0.1) is 6.61 Å². The van der Waals surface area contributed by atoms with E-state index < -0.39 is 0 Å². The third-order valence-electron chi connectivity index (χ3n) is 2.83. The van der Waals surface area contributed by atoms with Crippen LogP contribution in [-0.4, -0.2) is 5.11 Å². The molecule has 0 aromatic heterocycles. The Labute approximate surface area is 129 Å². The van der Waals surface area contributed by atoms with Gasteiger partial charge in [-0.15, -0.1) is 0 Å². The quantitative estimate of drug-likeness (QED) is 0.795. The summed E-state index contributed by atoms with van der Waals surface area (Å²) in [7, 11) is 0. The normalized spacial score (nSPS) is 10.6. The largest absolute Gasteiger partial charge is 0.457 e. The standard InChI is InChI=1S/C15H14Br2O2/c1-9-5-13(6-10(2)15(9)17)19-14-4-3-12(16)7-11(14)8-18/h3-7,18H,8H2,1-2H3. The molecule has 0 unspecified atom stereocenters. The van der Waals surface area contributed by atoms with E-state index in [4.69, 9.17) is 4.74 Å². The Morgan fingerprint density at radius 3 is 2.26 bits per heavy atom. The first kappa shape index (κ1) is 14.6. The van der Waals surface area contributed by atoms with Crippen LogP contribution in [0.3, 0.4) is 0 Å². The van der Waals surface area contributed by atoms with E-state index in [0.717, 1.165) is 31.4 Å². The summed E-state index contributed by atoms with van der Waals surface area (Å²) in [6.45, 7) is 4.00. The predicted octanol–water partition coefficient (Wildman–Crippen LogP) is 5.11. The third kappa shape index (κ3) is 3.38. The average Bonchev–Trinajstić information content (AvgIpc) is 2.38. The van der Waals surface area contributed by atoms with E-state index in [9.17, 15) is 5.11 Å². The Bertz CT molecular complexity index is 586. The molecular formula is C15H14Br2O2. The van der Waals surface area contributed by atoms with Crippen molar-refractivity contribution in [1.29, 1.82) is 0 Å². The number of halogens is 2. The first-order chi connectivity index (χ1) is 9.01. The number of benzene rings is 2. The maximum absolute atomic E-state index is 9.37. The van der Waals surface area contributed by atoms with Crippen molar-refractivity contribution in [3.05, 3.63) is 56.0 Å². The molecule has 0 saturated heterocycles. The van der Waals surface area contributed by atoms with Gasteiger partial charge in [-0.3, -0.25) is 0 Å². The van der Waals surface area contributed by atoms with Crippen LogP contribution in [0.15, 0.2) is 39.3 Å². The molecule has 0 aliphatic heterocycles. The highest BCUT2D eigenvalue weighted by molar-refractivity contribution is 9.10. The van der Waals surface area contributed by atoms with Crippen molar-refractivity contribution in [2.45, 2.75) is 20.5 Å². The maximum Gasteiger partial charge on any atom is 0.133 e. The van der Waals surface area contributed by atoms with Crippen LogP contribution in [0.1, 0.15) is 16.7 Å². The highest BCUT2D eigenvalue weighted by atomic mass is 79.9. The zero-order valence-electron chi connectivity index (χ0n) is 10.7. The van der Waals surface area contributed by atoms with E-state index in [-0.39, 0.29) is 6.61 Å². The maximum atomic E-state index is 9.37. The molecule has 2 rings (SSSR count). The smallest absolute Gasteiger partial charge is 0.133 e. The average molecular weight is 386 g/mol. The predicted molar refractivity (Wildman–Crippen MR) is 83.8 cm³/mol. The first-order valence-corrected chi connectivity index (χ1v) is 7.43. The first-order valence-electron chi connectivity index (χ1n) is 5.85. The van der Waals surface area contributed by atoms with Crippen LogP contribution in [0.25, 0.3) is 0 Å². The Morgan fingerprint density at radius 2 is 1.68 bits per heavy atom. The molecular weight excluding hydrogens is 372 g/mol. The minimum Gasteiger partial charge on any atom is -0.457 e. The molecule has 2 aromatic rings. The van der Waals surface area contributed by atoms with Crippen molar-refractivity contribution < 1.29 is 9.84 Å². The van der Waals surface area contributed by atoms with Crippen molar-refractivity contribution in [1.82, 2.24) is 0 Å². The van der Waals surface area contributed by atoms with Crippen LogP contribution < -0.4 is 4.74 Å². The van der Waals surface area contributed by atoms with Gasteiger partial charge < -0.3 is 9.84 Å². The van der Waals surface area contributed by atoms with Gasteiger partial charge in [0.15, 0.2) is 0 Å². The highest BCUT2D eigenvalue weighted by Crippen LogP contribution is 2.32. The molecule has 0 heterocycles. The second-order valence-corrected chi connectivity index (χ2v) is 6.09. The van der Waals surface area contributed by atoms with Gasteiger partial charge in [-0.25, -0.2) is 0 Å². The van der Waals surface area contributed by atoms with Gasteiger partial charge in [-0.1, -0.05) is 31.9 Å². The molecule has 19 heavy (non-hydrogen) atoms. The third-order valence-corrected chi connectivity index (χ3v) is 4.57.